The molecule has 3 heterocycles. The van der Waals surface area contributed by atoms with Crippen molar-refractivity contribution in [2.24, 2.45) is 0 Å². The number of aromatic nitrogens is 2. The minimum absolute atomic E-state index is 0.420. The molecule has 0 aromatic carbocycles. The van der Waals surface area contributed by atoms with Crippen LogP contribution in [0.5, 0.6) is 5.88 Å². The van der Waals surface area contributed by atoms with E-state index >= 15 is 0 Å². The van der Waals surface area contributed by atoms with E-state index in [2.05, 4.69) is 26.8 Å². The number of aryl methyl sites for hydroxylation is 1. The molecule has 1 aromatic heterocycles. The van der Waals surface area contributed by atoms with Crippen LogP contribution in [0.1, 0.15) is 5.69 Å². The van der Waals surface area contributed by atoms with Gasteiger partial charge < -0.3 is 14.5 Å². The molecule has 0 unspecified atom stereocenters. The monoisotopic (exact) mass is 220 g/mol. The number of piperazine rings is 1. The molecule has 0 bridgehead atoms. The van der Waals surface area contributed by atoms with E-state index < -0.39 is 0 Å². The Hall–Kier alpha value is -1.36. The summed E-state index contributed by atoms with van der Waals surface area (Å²) in [5.74, 6) is 1.61. The Morgan fingerprint density at radius 1 is 1.44 bits per heavy atom. The number of anilines is 1. The van der Waals surface area contributed by atoms with Crippen molar-refractivity contribution < 1.29 is 4.74 Å². The summed E-state index contributed by atoms with van der Waals surface area (Å²) in [4.78, 5) is 13.5. The largest absolute Gasteiger partial charge is 0.473 e. The molecule has 1 aromatic rings. The van der Waals surface area contributed by atoms with Crippen molar-refractivity contribution in [2.45, 2.75) is 13.0 Å². The van der Waals surface area contributed by atoms with Crippen molar-refractivity contribution in [1.82, 2.24) is 14.9 Å². The second kappa shape index (κ2) is 3.59. The summed E-state index contributed by atoms with van der Waals surface area (Å²) in [5, 5.41) is 0. The summed E-state index contributed by atoms with van der Waals surface area (Å²) in [6.45, 7) is 5.78. The number of hydrogen-bond donors (Lipinski definition) is 0. The highest BCUT2D eigenvalue weighted by Crippen LogP contribution is 2.31. The van der Waals surface area contributed by atoms with Crippen molar-refractivity contribution in [3.63, 3.8) is 0 Å². The van der Waals surface area contributed by atoms with Gasteiger partial charge in [0, 0.05) is 19.6 Å². The summed E-state index contributed by atoms with van der Waals surface area (Å²) >= 11 is 0. The number of ether oxygens (including phenoxy) is 1. The predicted molar refractivity (Wildman–Crippen MR) is 60.9 cm³/mol. The van der Waals surface area contributed by atoms with Crippen molar-refractivity contribution >= 4 is 5.82 Å². The molecule has 86 valence electrons. The highest BCUT2D eigenvalue weighted by molar-refractivity contribution is 5.51. The number of rotatable bonds is 0. The van der Waals surface area contributed by atoms with E-state index in [0.717, 1.165) is 37.8 Å². The molecule has 0 amide bonds. The fourth-order valence-electron chi connectivity index (χ4n) is 2.35. The first kappa shape index (κ1) is 9.84. The van der Waals surface area contributed by atoms with E-state index in [1.54, 1.807) is 0 Å². The van der Waals surface area contributed by atoms with Crippen LogP contribution < -0.4 is 9.64 Å². The number of nitrogens with zero attached hydrogens (tertiary/aromatic N) is 4. The zero-order chi connectivity index (χ0) is 11.1. The highest BCUT2D eigenvalue weighted by Gasteiger charge is 2.33. The second-order valence-corrected chi connectivity index (χ2v) is 4.56. The quantitative estimate of drug-likeness (QED) is 0.629. The minimum Gasteiger partial charge on any atom is -0.473 e. The van der Waals surface area contributed by atoms with Crippen LogP contribution in [0.3, 0.4) is 0 Å². The standard InChI is InChI=1S/C11H16N4O/c1-8-5-12-10-11(13-8)16-7-9-6-14(2)3-4-15(9)10/h5,9H,3-4,6-7H2,1-2H3/t9-/m1/s1. The molecule has 16 heavy (non-hydrogen) atoms. The van der Waals surface area contributed by atoms with Crippen molar-refractivity contribution in [3.05, 3.63) is 11.9 Å². The third-order valence-electron chi connectivity index (χ3n) is 3.21. The molecule has 0 radical (unpaired) electrons. The van der Waals surface area contributed by atoms with Gasteiger partial charge in [-0.2, -0.15) is 0 Å². The number of hydrogen-bond acceptors (Lipinski definition) is 5. The summed E-state index contributed by atoms with van der Waals surface area (Å²) in [6, 6.07) is 0.420. The van der Waals surface area contributed by atoms with Crippen LogP contribution in [0.15, 0.2) is 6.20 Å². The minimum atomic E-state index is 0.420. The lowest BCUT2D eigenvalue weighted by molar-refractivity contribution is 0.181. The molecular weight excluding hydrogens is 204 g/mol. The van der Waals surface area contributed by atoms with E-state index in [-0.39, 0.29) is 0 Å². The van der Waals surface area contributed by atoms with Crippen LogP contribution in [0, 0.1) is 6.92 Å². The number of likely N-dealkylation sites (N-methyl/N-ethyl adjacent to an activating group) is 1. The molecule has 1 saturated heterocycles. The first-order valence-electron chi connectivity index (χ1n) is 5.65. The van der Waals surface area contributed by atoms with Crippen LogP contribution >= 0.6 is 0 Å². The van der Waals surface area contributed by atoms with Crippen molar-refractivity contribution in [2.75, 3.05) is 38.2 Å². The van der Waals surface area contributed by atoms with Gasteiger partial charge in [-0.05, 0) is 14.0 Å². The third-order valence-corrected chi connectivity index (χ3v) is 3.21. The maximum atomic E-state index is 5.68. The van der Waals surface area contributed by atoms with Crippen LogP contribution in [-0.4, -0.2) is 54.2 Å². The molecule has 5 nitrogen and oxygen atoms in total. The lowest BCUT2D eigenvalue weighted by atomic mass is 10.1. The predicted octanol–water partition coefficient (Wildman–Crippen LogP) is 0.298. The maximum absolute atomic E-state index is 5.68. The van der Waals surface area contributed by atoms with Gasteiger partial charge in [0.1, 0.15) is 6.61 Å². The molecule has 2 aliphatic rings. The maximum Gasteiger partial charge on any atom is 0.257 e. The van der Waals surface area contributed by atoms with Crippen LogP contribution in [0.25, 0.3) is 0 Å². The SMILES string of the molecule is Cc1cnc2c(n1)OC[C@H]1CN(C)CCN21. The zero-order valence-corrected chi connectivity index (χ0v) is 9.68. The van der Waals surface area contributed by atoms with E-state index in [4.69, 9.17) is 4.74 Å². The molecule has 2 aliphatic heterocycles. The van der Waals surface area contributed by atoms with Crippen molar-refractivity contribution in [1.29, 1.82) is 0 Å². The van der Waals surface area contributed by atoms with Gasteiger partial charge in [0.2, 0.25) is 0 Å². The highest BCUT2D eigenvalue weighted by atomic mass is 16.5. The first-order valence-corrected chi connectivity index (χ1v) is 5.65. The Morgan fingerprint density at radius 2 is 2.31 bits per heavy atom. The molecule has 0 spiro atoms. The Bertz CT molecular complexity index is 409. The molecule has 0 N–H and O–H groups in total. The number of fused-ring (bicyclic) bond motifs is 3. The van der Waals surface area contributed by atoms with Gasteiger partial charge >= 0.3 is 0 Å². The average Bonchev–Trinajstić information content (AvgIpc) is 2.28. The Kier molecular flexibility index (Phi) is 2.21. The van der Waals surface area contributed by atoms with Gasteiger partial charge in [0.15, 0.2) is 5.82 Å². The molecule has 0 saturated carbocycles. The van der Waals surface area contributed by atoms with E-state index in [1.807, 2.05) is 13.1 Å². The van der Waals surface area contributed by atoms with Gasteiger partial charge in [-0.15, -0.1) is 0 Å². The Morgan fingerprint density at radius 3 is 3.19 bits per heavy atom. The zero-order valence-electron chi connectivity index (χ0n) is 9.68. The summed E-state index contributed by atoms with van der Waals surface area (Å²) in [6.07, 6.45) is 1.81. The van der Waals surface area contributed by atoms with Gasteiger partial charge in [-0.1, -0.05) is 0 Å². The van der Waals surface area contributed by atoms with Gasteiger partial charge in [0.25, 0.3) is 5.88 Å². The molecule has 1 atom stereocenters. The lowest BCUT2D eigenvalue weighted by Crippen LogP contribution is -2.56. The van der Waals surface area contributed by atoms with Gasteiger partial charge in [0.05, 0.1) is 17.9 Å². The fourth-order valence-corrected chi connectivity index (χ4v) is 2.35. The van der Waals surface area contributed by atoms with Crippen LogP contribution in [-0.2, 0) is 0 Å². The Labute approximate surface area is 95.0 Å². The molecular formula is C11H16N4O. The average molecular weight is 220 g/mol. The molecule has 3 rings (SSSR count). The Balaban J connectivity index is 1.94. The van der Waals surface area contributed by atoms with E-state index in [9.17, 15) is 0 Å². The normalized spacial score (nSPS) is 24.6. The third kappa shape index (κ3) is 1.51. The molecule has 0 aliphatic carbocycles. The summed E-state index contributed by atoms with van der Waals surface area (Å²) in [5.41, 5.74) is 0.909. The molecule has 5 heteroatoms. The first-order chi connectivity index (χ1) is 7.74. The van der Waals surface area contributed by atoms with E-state index in [0.29, 0.717) is 11.9 Å². The molecule has 1 fully saturated rings. The fraction of sp³-hybridized carbons (Fsp3) is 0.636. The smallest absolute Gasteiger partial charge is 0.257 e. The topological polar surface area (TPSA) is 41.5 Å². The van der Waals surface area contributed by atoms with Gasteiger partial charge in [-0.25, -0.2) is 9.97 Å². The van der Waals surface area contributed by atoms with E-state index in [1.165, 1.54) is 0 Å². The van der Waals surface area contributed by atoms with Crippen LogP contribution in [0.4, 0.5) is 5.82 Å². The summed E-state index contributed by atoms with van der Waals surface area (Å²) < 4.78 is 5.68. The van der Waals surface area contributed by atoms with Crippen molar-refractivity contribution in [3.8, 4) is 5.88 Å². The summed E-state index contributed by atoms with van der Waals surface area (Å²) in [7, 11) is 2.15. The van der Waals surface area contributed by atoms with Gasteiger partial charge in [-0.3, -0.25) is 0 Å². The second-order valence-electron chi connectivity index (χ2n) is 4.56. The van der Waals surface area contributed by atoms with Crippen LogP contribution in [0.2, 0.25) is 0 Å². The lowest BCUT2D eigenvalue weighted by Gasteiger charge is -2.43.